The lowest BCUT2D eigenvalue weighted by molar-refractivity contribution is -0.135. The first-order valence-corrected chi connectivity index (χ1v) is 8.68. The number of carbonyl (C=O) groups is 1. The molecule has 1 fully saturated rings. The van der Waals surface area contributed by atoms with Crippen molar-refractivity contribution in [2.45, 2.75) is 24.8 Å². The van der Waals surface area contributed by atoms with Gasteiger partial charge in [0.2, 0.25) is 11.7 Å². The van der Waals surface area contributed by atoms with Gasteiger partial charge in [0.15, 0.2) is 5.76 Å². The summed E-state index contributed by atoms with van der Waals surface area (Å²) in [5.74, 6) is 1.08. The number of hydrogen-bond donors (Lipinski definition) is 1. The third-order valence-corrected chi connectivity index (χ3v) is 4.80. The Labute approximate surface area is 151 Å². The molecule has 1 N–H and O–H groups in total. The van der Waals surface area contributed by atoms with Crippen molar-refractivity contribution >= 4 is 5.91 Å². The highest BCUT2D eigenvalue weighted by atomic mass is 16.5. The Hall–Kier alpha value is -2.86. The van der Waals surface area contributed by atoms with Crippen LogP contribution in [0.15, 0.2) is 63.7 Å². The van der Waals surface area contributed by atoms with E-state index < -0.39 is 5.41 Å². The van der Waals surface area contributed by atoms with Gasteiger partial charge in [-0.15, -0.1) is 0 Å². The molecule has 0 bridgehead atoms. The van der Waals surface area contributed by atoms with Gasteiger partial charge in [0.1, 0.15) is 0 Å². The third-order valence-electron chi connectivity index (χ3n) is 4.80. The van der Waals surface area contributed by atoms with Crippen LogP contribution in [0.2, 0.25) is 0 Å². The molecule has 134 valence electrons. The number of benzene rings is 1. The van der Waals surface area contributed by atoms with Gasteiger partial charge in [-0.2, -0.15) is 0 Å². The minimum Gasteiger partial charge on any atom is -0.461 e. The van der Waals surface area contributed by atoms with E-state index in [1.165, 1.54) is 0 Å². The highest BCUT2D eigenvalue weighted by Crippen LogP contribution is 2.50. The Morgan fingerprint density at radius 2 is 1.96 bits per heavy atom. The Bertz CT molecular complexity index is 866. The molecule has 6 heteroatoms. The van der Waals surface area contributed by atoms with E-state index in [1.807, 2.05) is 30.3 Å². The lowest BCUT2D eigenvalue weighted by Crippen LogP contribution is -2.40. The topological polar surface area (TPSA) is 79.7 Å². The molecule has 0 unspecified atom stereocenters. The van der Waals surface area contributed by atoms with Crippen LogP contribution in [0.1, 0.15) is 24.1 Å². The molecule has 3 aromatic rings. The van der Waals surface area contributed by atoms with E-state index in [9.17, 15) is 9.90 Å². The van der Waals surface area contributed by atoms with E-state index in [1.54, 1.807) is 29.4 Å². The van der Waals surface area contributed by atoms with E-state index >= 15 is 0 Å². The summed E-state index contributed by atoms with van der Waals surface area (Å²) in [7, 11) is 0. The van der Waals surface area contributed by atoms with Crippen molar-refractivity contribution in [3.63, 3.8) is 0 Å². The van der Waals surface area contributed by atoms with Crippen LogP contribution in [-0.4, -0.2) is 34.2 Å². The van der Waals surface area contributed by atoms with Crippen molar-refractivity contribution in [1.29, 1.82) is 0 Å². The fourth-order valence-corrected chi connectivity index (χ4v) is 3.22. The quantitative estimate of drug-likeness (QED) is 0.707. The zero-order valence-electron chi connectivity index (χ0n) is 14.3. The smallest absolute Gasteiger partial charge is 0.235 e. The number of nitrogens with zero attached hydrogens (tertiary/aromatic N) is 2. The Morgan fingerprint density at radius 3 is 2.62 bits per heavy atom. The average Bonchev–Trinajstić information content (AvgIpc) is 3.09. The molecule has 0 spiro atoms. The van der Waals surface area contributed by atoms with Gasteiger partial charge < -0.3 is 18.9 Å². The van der Waals surface area contributed by atoms with Crippen LogP contribution in [0.25, 0.3) is 11.5 Å². The first-order chi connectivity index (χ1) is 12.7. The van der Waals surface area contributed by atoms with E-state index in [2.05, 4.69) is 5.16 Å². The molecule has 0 saturated heterocycles. The zero-order valence-corrected chi connectivity index (χ0v) is 14.3. The number of rotatable bonds is 7. The van der Waals surface area contributed by atoms with Gasteiger partial charge in [-0.05, 0) is 30.5 Å². The van der Waals surface area contributed by atoms with Gasteiger partial charge >= 0.3 is 0 Å². The summed E-state index contributed by atoms with van der Waals surface area (Å²) in [6, 6.07) is 15.1. The van der Waals surface area contributed by atoms with Crippen LogP contribution in [0, 0.1) is 0 Å². The summed E-state index contributed by atoms with van der Waals surface area (Å²) in [6.45, 7) is 0.675. The van der Waals surface area contributed by atoms with Crippen molar-refractivity contribution in [2.24, 2.45) is 0 Å². The Balaban J connectivity index is 1.57. The minimum absolute atomic E-state index is 0.0188. The normalized spacial score (nSPS) is 15.0. The van der Waals surface area contributed by atoms with Crippen molar-refractivity contribution in [3.05, 3.63) is 66.1 Å². The zero-order chi connectivity index (χ0) is 18.0. The number of amides is 1. The predicted octanol–water partition coefficient (Wildman–Crippen LogP) is 2.99. The molecule has 1 aromatic carbocycles. The first-order valence-electron chi connectivity index (χ1n) is 8.68. The van der Waals surface area contributed by atoms with E-state index in [-0.39, 0.29) is 12.5 Å². The van der Waals surface area contributed by atoms with Gasteiger partial charge in [0.05, 0.1) is 24.0 Å². The van der Waals surface area contributed by atoms with Crippen molar-refractivity contribution in [3.8, 4) is 11.5 Å². The summed E-state index contributed by atoms with van der Waals surface area (Å²) in [6.07, 6.45) is 3.03. The second kappa shape index (κ2) is 6.80. The summed E-state index contributed by atoms with van der Waals surface area (Å²) < 4.78 is 10.7. The molecule has 1 aliphatic carbocycles. The second-order valence-electron chi connectivity index (χ2n) is 6.57. The monoisotopic (exact) mass is 352 g/mol. The van der Waals surface area contributed by atoms with E-state index in [0.717, 1.165) is 18.4 Å². The molecule has 1 amide bonds. The minimum atomic E-state index is -0.654. The molecule has 2 aromatic heterocycles. The van der Waals surface area contributed by atoms with Crippen LogP contribution in [0.3, 0.4) is 0 Å². The van der Waals surface area contributed by atoms with Crippen LogP contribution in [-0.2, 0) is 16.8 Å². The van der Waals surface area contributed by atoms with Crippen LogP contribution in [0.5, 0.6) is 0 Å². The molecule has 4 rings (SSSR count). The molecule has 2 heterocycles. The van der Waals surface area contributed by atoms with Crippen LogP contribution in [0.4, 0.5) is 0 Å². The number of furan rings is 1. The number of aliphatic hydroxyl groups is 1. The Morgan fingerprint density at radius 1 is 1.15 bits per heavy atom. The average molecular weight is 352 g/mol. The lowest BCUT2D eigenvalue weighted by Gasteiger charge is -2.26. The maximum Gasteiger partial charge on any atom is 0.235 e. The van der Waals surface area contributed by atoms with E-state index in [0.29, 0.717) is 30.3 Å². The molecule has 0 aliphatic heterocycles. The molecule has 1 saturated carbocycles. The lowest BCUT2D eigenvalue weighted by atomic mass is 9.99. The van der Waals surface area contributed by atoms with Gasteiger partial charge in [0.25, 0.3) is 0 Å². The Kier molecular flexibility index (Phi) is 4.34. The standard InChI is InChI=1S/C20H20N2O4/c23-11-10-22(14-15-5-2-1-3-6-15)19(24)20(8-9-20)18-13-17(26-21-18)16-7-4-12-25-16/h1-7,12-13,23H,8-11,14H2. The van der Waals surface area contributed by atoms with E-state index in [4.69, 9.17) is 8.94 Å². The molecule has 6 nitrogen and oxygen atoms in total. The van der Waals surface area contributed by atoms with Gasteiger partial charge in [-0.25, -0.2) is 0 Å². The molecular formula is C20H20N2O4. The fraction of sp³-hybridized carbons (Fsp3) is 0.300. The van der Waals surface area contributed by atoms with Gasteiger partial charge in [0, 0.05) is 19.2 Å². The molecule has 0 atom stereocenters. The van der Waals surface area contributed by atoms with Crippen LogP contribution >= 0.6 is 0 Å². The molecule has 1 aliphatic rings. The second-order valence-corrected chi connectivity index (χ2v) is 6.57. The highest BCUT2D eigenvalue weighted by Gasteiger charge is 2.55. The van der Waals surface area contributed by atoms with Gasteiger partial charge in [-0.1, -0.05) is 35.5 Å². The summed E-state index contributed by atoms with van der Waals surface area (Å²) >= 11 is 0. The summed E-state index contributed by atoms with van der Waals surface area (Å²) in [4.78, 5) is 14.9. The first kappa shape index (κ1) is 16.6. The van der Waals surface area contributed by atoms with Crippen LogP contribution < -0.4 is 0 Å². The third kappa shape index (κ3) is 3.04. The fourth-order valence-electron chi connectivity index (χ4n) is 3.22. The van der Waals surface area contributed by atoms with Crippen molar-refractivity contribution in [1.82, 2.24) is 10.1 Å². The predicted molar refractivity (Wildman–Crippen MR) is 94.1 cm³/mol. The maximum atomic E-state index is 13.2. The summed E-state index contributed by atoms with van der Waals surface area (Å²) in [5, 5.41) is 13.5. The number of carbonyl (C=O) groups excluding carboxylic acids is 1. The maximum absolute atomic E-state index is 13.2. The molecule has 0 radical (unpaired) electrons. The van der Waals surface area contributed by atoms with Crippen molar-refractivity contribution < 1.29 is 18.8 Å². The molecular weight excluding hydrogens is 332 g/mol. The van der Waals surface area contributed by atoms with Crippen molar-refractivity contribution in [2.75, 3.05) is 13.2 Å². The molecule has 26 heavy (non-hydrogen) atoms. The highest BCUT2D eigenvalue weighted by molar-refractivity contribution is 5.91. The number of aliphatic hydroxyl groups excluding tert-OH is 1. The number of hydrogen-bond acceptors (Lipinski definition) is 5. The summed E-state index contributed by atoms with van der Waals surface area (Å²) in [5.41, 5.74) is 1.00. The SMILES string of the molecule is O=C(N(CCO)Cc1ccccc1)C1(c2cc(-c3ccco3)on2)CC1. The number of aromatic nitrogens is 1. The largest absolute Gasteiger partial charge is 0.461 e. The van der Waals surface area contributed by atoms with Gasteiger partial charge in [-0.3, -0.25) is 4.79 Å².